The fraction of sp³-hybridized carbons (Fsp3) is 0.778. The van der Waals surface area contributed by atoms with Crippen LogP contribution in [-0.2, 0) is 0 Å². The van der Waals surface area contributed by atoms with Gasteiger partial charge in [0.15, 0.2) is 0 Å². The highest BCUT2D eigenvalue weighted by atomic mass is 32.2. The second kappa shape index (κ2) is 5.53. The Bertz CT molecular complexity index is 136. The molecular formula is C9H19NS. The van der Waals surface area contributed by atoms with Crippen LogP contribution in [0, 0.1) is 0 Å². The topological polar surface area (TPSA) is 12.0 Å². The van der Waals surface area contributed by atoms with Gasteiger partial charge >= 0.3 is 0 Å². The largest absolute Gasteiger partial charge is 0.377 e. The van der Waals surface area contributed by atoms with Crippen LogP contribution in [-0.4, -0.2) is 11.6 Å². The molecule has 0 aliphatic carbocycles. The first-order valence-electron chi connectivity index (χ1n) is 4.07. The smallest absolute Gasteiger partial charge is 0.0688 e. The maximum absolute atomic E-state index is 3.46. The molecule has 0 bridgehead atoms. The van der Waals surface area contributed by atoms with Crippen LogP contribution in [0.1, 0.15) is 34.1 Å². The van der Waals surface area contributed by atoms with Gasteiger partial charge in [-0.3, -0.25) is 0 Å². The summed E-state index contributed by atoms with van der Waals surface area (Å²) in [7, 11) is 0. The zero-order valence-electron chi connectivity index (χ0n) is 8.19. The molecule has 0 aromatic rings. The maximum Gasteiger partial charge on any atom is 0.0688 e. The van der Waals surface area contributed by atoms with E-state index in [0.717, 1.165) is 6.42 Å². The number of hydrogen-bond donors (Lipinski definition) is 1. The molecule has 0 aliphatic heterocycles. The third-order valence-electron chi connectivity index (χ3n) is 1.69. The Morgan fingerprint density at radius 2 is 2.00 bits per heavy atom. The number of nitrogens with one attached hydrogen (secondary N) is 1. The van der Waals surface area contributed by atoms with Crippen LogP contribution in [0.4, 0.5) is 0 Å². The highest BCUT2D eigenvalue weighted by molar-refractivity contribution is 7.99. The molecule has 0 heterocycles. The summed E-state index contributed by atoms with van der Waals surface area (Å²) >= 11 is 1.84. The van der Waals surface area contributed by atoms with Gasteiger partial charge in [-0.2, -0.15) is 0 Å². The molecule has 0 radical (unpaired) electrons. The molecule has 66 valence electrons. The predicted molar refractivity (Wildman–Crippen MR) is 54.8 cm³/mol. The van der Waals surface area contributed by atoms with E-state index in [4.69, 9.17) is 0 Å². The Hall–Kier alpha value is -0.110. The summed E-state index contributed by atoms with van der Waals surface area (Å²) in [5.74, 6) is 0. The zero-order valence-corrected chi connectivity index (χ0v) is 9.01. The van der Waals surface area contributed by atoms with Gasteiger partial charge in [-0.15, -0.1) is 11.8 Å². The SMILES string of the molecule is CCC(NC(C)SC)=C(C)C. The van der Waals surface area contributed by atoms with Crippen LogP contribution >= 0.6 is 11.8 Å². The Balaban J connectivity index is 3.99. The second-order valence-corrected chi connectivity index (χ2v) is 4.03. The molecule has 0 saturated carbocycles. The van der Waals surface area contributed by atoms with E-state index in [0.29, 0.717) is 5.37 Å². The molecule has 1 unspecified atom stereocenters. The van der Waals surface area contributed by atoms with Crippen molar-refractivity contribution in [2.45, 2.75) is 39.5 Å². The van der Waals surface area contributed by atoms with Gasteiger partial charge < -0.3 is 5.32 Å². The Kier molecular flexibility index (Phi) is 5.47. The molecule has 1 N–H and O–H groups in total. The average molecular weight is 173 g/mol. The van der Waals surface area contributed by atoms with Crippen molar-refractivity contribution in [3.05, 3.63) is 11.3 Å². The summed E-state index contributed by atoms with van der Waals surface area (Å²) in [5, 5.41) is 3.99. The van der Waals surface area contributed by atoms with Crippen LogP contribution in [0.2, 0.25) is 0 Å². The van der Waals surface area contributed by atoms with Crippen LogP contribution < -0.4 is 5.32 Å². The lowest BCUT2D eigenvalue weighted by Gasteiger charge is -2.16. The first kappa shape index (κ1) is 10.9. The molecule has 2 heteroatoms. The minimum absolute atomic E-state index is 0.528. The Morgan fingerprint density at radius 1 is 1.45 bits per heavy atom. The monoisotopic (exact) mass is 173 g/mol. The normalized spacial score (nSPS) is 12.5. The van der Waals surface area contributed by atoms with Crippen molar-refractivity contribution in [1.82, 2.24) is 5.32 Å². The van der Waals surface area contributed by atoms with Gasteiger partial charge in [0.05, 0.1) is 5.37 Å². The maximum atomic E-state index is 3.46. The summed E-state index contributed by atoms with van der Waals surface area (Å²) in [6, 6.07) is 0. The number of hydrogen-bond acceptors (Lipinski definition) is 2. The molecule has 0 rings (SSSR count). The Labute approximate surface area is 74.6 Å². The number of allylic oxidation sites excluding steroid dienone is 2. The summed E-state index contributed by atoms with van der Waals surface area (Å²) < 4.78 is 0. The van der Waals surface area contributed by atoms with Crippen LogP contribution in [0.5, 0.6) is 0 Å². The molecule has 0 aromatic heterocycles. The van der Waals surface area contributed by atoms with Crippen molar-refractivity contribution in [2.75, 3.05) is 6.26 Å². The second-order valence-electron chi connectivity index (χ2n) is 2.85. The number of rotatable bonds is 4. The molecule has 11 heavy (non-hydrogen) atoms. The first-order valence-corrected chi connectivity index (χ1v) is 5.36. The molecule has 0 aliphatic rings. The lowest BCUT2D eigenvalue weighted by molar-refractivity contribution is 0.752. The van der Waals surface area contributed by atoms with E-state index in [9.17, 15) is 0 Å². The molecule has 1 nitrogen and oxygen atoms in total. The van der Waals surface area contributed by atoms with Crippen molar-refractivity contribution in [3.63, 3.8) is 0 Å². The highest BCUT2D eigenvalue weighted by Crippen LogP contribution is 2.09. The average Bonchev–Trinajstić information content (AvgIpc) is 1.99. The van der Waals surface area contributed by atoms with Crippen molar-refractivity contribution < 1.29 is 0 Å². The van der Waals surface area contributed by atoms with Crippen LogP contribution in [0.3, 0.4) is 0 Å². The fourth-order valence-electron chi connectivity index (χ4n) is 0.904. The van der Waals surface area contributed by atoms with Gasteiger partial charge in [-0.1, -0.05) is 12.5 Å². The third-order valence-corrected chi connectivity index (χ3v) is 2.51. The van der Waals surface area contributed by atoms with Gasteiger partial charge in [0, 0.05) is 5.70 Å². The van der Waals surface area contributed by atoms with Crippen LogP contribution in [0.25, 0.3) is 0 Å². The molecule has 0 amide bonds. The van der Waals surface area contributed by atoms with Crippen LogP contribution in [0.15, 0.2) is 11.3 Å². The summed E-state index contributed by atoms with van der Waals surface area (Å²) in [6.45, 7) is 8.67. The van der Waals surface area contributed by atoms with Gasteiger partial charge in [0.2, 0.25) is 0 Å². The van der Waals surface area contributed by atoms with E-state index < -0.39 is 0 Å². The van der Waals surface area contributed by atoms with E-state index >= 15 is 0 Å². The first-order chi connectivity index (χ1) is 5.11. The quantitative estimate of drug-likeness (QED) is 0.656. The number of thioether (sulfide) groups is 1. The Morgan fingerprint density at radius 3 is 2.27 bits per heavy atom. The molecule has 1 atom stereocenters. The standard InChI is InChI=1S/C9H19NS/c1-6-9(7(2)3)10-8(4)11-5/h8,10H,6H2,1-5H3. The van der Waals surface area contributed by atoms with Crippen molar-refractivity contribution in [1.29, 1.82) is 0 Å². The third kappa shape index (κ3) is 4.35. The molecule has 0 saturated heterocycles. The van der Waals surface area contributed by atoms with Gasteiger partial charge in [0.1, 0.15) is 0 Å². The van der Waals surface area contributed by atoms with E-state index in [-0.39, 0.29) is 0 Å². The van der Waals surface area contributed by atoms with Gasteiger partial charge in [-0.05, 0) is 33.4 Å². The predicted octanol–water partition coefficient (Wildman–Crippen LogP) is 2.99. The highest BCUT2D eigenvalue weighted by Gasteiger charge is 2.00. The lowest BCUT2D eigenvalue weighted by Crippen LogP contribution is -2.22. The fourth-order valence-corrected chi connectivity index (χ4v) is 1.16. The molecular weight excluding hydrogens is 154 g/mol. The molecule has 0 fully saturated rings. The van der Waals surface area contributed by atoms with E-state index in [2.05, 4.69) is 39.3 Å². The summed E-state index contributed by atoms with van der Waals surface area (Å²) in [4.78, 5) is 0. The minimum atomic E-state index is 0.528. The van der Waals surface area contributed by atoms with Crippen molar-refractivity contribution >= 4 is 11.8 Å². The summed E-state index contributed by atoms with van der Waals surface area (Å²) in [5.41, 5.74) is 2.78. The van der Waals surface area contributed by atoms with Gasteiger partial charge in [-0.25, -0.2) is 0 Å². The van der Waals surface area contributed by atoms with Crippen molar-refractivity contribution in [2.24, 2.45) is 0 Å². The van der Waals surface area contributed by atoms with Gasteiger partial charge in [0.25, 0.3) is 0 Å². The van der Waals surface area contributed by atoms with E-state index in [1.54, 1.807) is 0 Å². The van der Waals surface area contributed by atoms with Crippen molar-refractivity contribution in [3.8, 4) is 0 Å². The van der Waals surface area contributed by atoms with E-state index in [1.165, 1.54) is 11.3 Å². The van der Waals surface area contributed by atoms with E-state index in [1.807, 2.05) is 11.8 Å². The molecule has 0 spiro atoms. The molecule has 0 aromatic carbocycles. The zero-order chi connectivity index (χ0) is 8.85. The minimum Gasteiger partial charge on any atom is -0.377 e. The summed E-state index contributed by atoms with van der Waals surface area (Å²) in [6.07, 6.45) is 3.23. The lowest BCUT2D eigenvalue weighted by atomic mass is 10.2.